The molecule has 5 heteroatoms. The number of ether oxygens (including phenoxy) is 1. The number of hydrogen-bond donors (Lipinski definition) is 2. The van der Waals surface area contributed by atoms with Gasteiger partial charge in [0.25, 0.3) is 0 Å². The van der Waals surface area contributed by atoms with Crippen LogP contribution in [0.4, 0.5) is 0 Å². The molecule has 92 valence electrons. The minimum absolute atomic E-state index is 0.166. The summed E-state index contributed by atoms with van der Waals surface area (Å²) in [6, 6.07) is 0. The first-order valence-electron chi connectivity index (χ1n) is 5.49. The molecule has 0 aliphatic rings. The molecule has 2 N–H and O–H groups in total. The zero-order valence-corrected chi connectivity index (χ0v) is 10.9. The van der Waals surface area contributed by atoms with Crippen LogP contribution in [0.2, 0.25) is 0 Å². The summed E-state index contributed by atoms with van der Waals surface area (Å²) in [5.41, 5.74) is 0. The van der Waals surface area contributed by atoms with E-state index in [0.29, 0.717) is 13.2 Å². The fraction of sp³-hybridized carbons (Fsp3) is 0.727. The Kier molecular flexibility index (Phi) is 5.90. The highest BCUT2D eigenvalue weighted by atomic mass is 32.1. The Balaban J connectivity index is 2.10. The lowest BCUT2D eigenvalue weighted by Gasteiger charge is -2.13. The number of nitrogens with one attached hydrogen (secondary N) is 1. The van der Waals surface area contributed by atoms with E-state index >= 15 is 0 Å². The Hall–Kier alpha value is -0.490. The van der Waals surface area contributed by atoms with Gasteiger partial charge >= 0.3 is 0 Å². The molecule has 1 rings (SSSR count). The molecule has 0 spiro atoms. The predicted octanol–water partition coefficient (Wildman–Crippen LogP) is 1.33. The summed E-state index contributed by atoms with van der Waals surface area (Å²) in [5, 5.41) is 13.8. The second kappa shape index (κ2) is 6.96. The summed E-state index contributed by atoms with van der Waals surface area (Å²) < 4.78 is 5.31. The van der Waals surface area contributed by atoms with Crippen molar-refractivity contribution in [3.63, 3.8) is 0 Å². The summed E-state index contributed by atoms with van der Waals surface area (Å²) in [4.78, 5) is 5.35. The Labute approximate surface area is 101 Å². The molecule has 1 aromatic rings. The van der Waals surface area contributed by atoms with Crippen LogP contribution in [0, 0.1) is 6.92 Å². The van der Waals surface area contributed by atoms with Crippen molar-refractivity contribution in [1.29, 1.82) is 0 Å². The monoisotopic (exact) mass is 244 g/mol. The smallest absolute Gasteiger partial charge is 0.0897 e. The van der Waals surface area contributed by atoms with Gasteiger partial charge in [-0.1, -0.05) is 0 Å². The van der Waals surface area contributed by atoms with E-state index in [9.17, 15) is 5.11 Å². The zero-order chi connectivity index (χ0) is 12.0. The fourth-order valence-electron chi connectivity index (χ4n) is 1.21. The molecule has 0 radical (unpaired) electrons. The lowest BCUT2D eigenvalue weighted by atomic mass is 10.3. The number of hydrogen-bond acceptors (Lipinski definition) is 5. The van der Waals surface area contributed by atoms with Gasteiger partial charge in [0.1, 0.15) is 0 Å². The molecule has 1 heterocycles. The molecule has 0 aliphatic carbocycles. The molecule has 1 atom stereocenters. The maximum Gasteiger partial charge on any atom is 0.0897 e. The predicted molar refractivity (Wildman–Crippen MR) is 65.7 cm³/mol. The molecule has 0 aromatic carbocycles. The van der Waals surface area contributed by atoms with E-state index < -0.39 is 6.10 Å². The molecule has 4 nitrogen and oxygen atoms in total. The van der Waals surface area contributed by atoms with E-state index in [1.54, 1.807) is 11.3 Å². The van der Waals surface area contributed by atoms with Crippen LogP contribution in [0.3, 0.4) is 0 Å². The van der Waals surface area contributed by atoms with Crippen LogP contribution in [0.1, 0.15) is 23.7 Å². The number of aliphatic hydroxyl groups is 1. The van der Waals surface area contributed by atoms with Crippen molar-refractivity contribution >= 4 is 11.3 Å². The van der Waals surface area contributed by atoms with Crippen molar-refractivity contribution in [1.82, 2.24) is 10.3 Å². The second-order valence-electron chi connectivity index (χ2n) is 4.01. The van der Waals surface area contributed by atoms with Crippen LogP contribution in [-0.4, -0.2) is 35.5 Å². The van der Waals surface area contributed by atoms with Crippen LogP contribution >= 0.6 is 11.3 Å². The maximum absolute atomic E-state index is 9.58. The molecular weight excluding hydrogens is 224 g/mol. The minimum atomic E-state index is -0.448. The van der Waals surface area contributed by atoms with Gasteiger partial charge in [-0.05, 0) is 20.8 Å². The van der Waals surface area contributed by atoms with E-state index in [1.165, 1.54) is 4.88 Å². The number of nitrogens with zero attached hydrogens (tertiary/aromatic N) is 1. The molecule has 16 heavy (non-hydrogen) atoms. The van der Waals surface area contributed by atoms with E-state index in [0.717, 1.165) is 11.6 Å². The average molecular weight is 244 g/mol. The molecule has 0 saturated heterocycles. The van der Waals surface area contributed by atoms with Crippen molar-refractivity contribution in [2.24, 2.45) is 0 Å². The quantitative estimate of drug-likeness (QED) is 0.760. The summed E-state index contributed by atoms with van der Waals surface area (Å²) in [6.07, 6.45) is 1.58. The normalized spacial score (nSPS) is 13.3. The molecular formula is C11H20N2O2S. The highest BCUT2D eigenvalue weighted by molar-refractivity contribution is 7.11. The van der Waals surface area contributed by atoms with Crippen LogP contribution < -0.4 is 5.32 Å². The van der Waals surface area contributed by atoms with Gasteiger partial charge in [0.05, 0.1) is 23.8 Å². The van der Waals surface area contributed by atoms with Crippen molar-refractivity contribution in [2.45, 2.75) is 39.5 Å². The van der Waals surface area contributed by atoms with E-state index in [2.05, 4.69) is 10.3 Å². The second-order valence-corrected chi connectivity index (χ2v) is 5.33. The number of rotatable bonds is 7. The number of aryl methyl sites for hydroxylation is 1. The highest BCUT2D eigenvalue weighted by Crippen LogP contribution is 2.10. The average Bonchev–Trinajstić information content (AvgIpc) is 2.61. The van der Waals surface area contributed by atoms with Gasteiger partial charge in [-0.3, -0.25) is 0 Å². The van der Waals surface area contributed by atoms with Crippen molar-refractivity contribution in [3.05, 3.63) is 16.1 Å². The maximum atomic E-state index is 9.58. The summed E-state index contributed by atoms with van der Waals surface area (Å²) >= 11 is 1.67. The van der Waals surface area contributed by atoms with Gasteiger partial charge in [-0.25, -0.2) is 4.98 Å². The minimum Gasteiger partial charge on any atom is -0.389 e. The van der Waals surface area contributed by atoms with Gasteiger partial charge < -0.3 is 15.2 Å². The Morgan fingerprint density at radius 3 is 2.88 bits per heavy atom. The van der Waals surface area contributed by atoms with Crippen LogP contribution in [0.25, 0.3) is 0 Å². The topological polar surface area (TPSA) is 54.4 Å². The third kappa shape index (κ3) is 5.55. The zero-order valence-electron chi connectivity index (χ0n) is 10.1. The number of thiazole rings is 1. The van der Waals surface area contributed by atoms with Crippen molar-refractivity contribution in [3.8, 4) is 0 Å². The molecule has 0 bridgehead atoms. The standard InChI is InChI=1S/C11H20N2O2S/c1-8(2)15-7-10(14)4-12-5-11-6-13-9(3)16-11/h6,8,10,12,14H,4-5,7H2,1-3H3. The number of aliphatic hydroxyl groups excluding tert-OH is 1. The van der Waals surface area contributed by atoms with Gasteiger partial charge in [0.2, 0.25) is 0 Å². The summed E-state index contributed by atoms with van der Waals surface area (Å²) in [6.45, 7) is 7.58. The van der Waals surface area contributed by atoms with E-state index in [-0.39, 0.29) is 6.10 Å². The Morgan fingerprint density at radius 2 is 2.31 bits per heavy atom. The Bertz CT molecular complexity index is 302. The van der Waals surface area contributed by atoms with Crippen LogP contribution in [0.15, 0.2) is 6.20 Å². The third-order valence-corrected chi connectivity index (χ3v) is 2.88. The first-order valence-corrected chi connectivity index (χ1v) is 6.31. The lowest BCUT2D eigenvalue weighted by Crippen LogP contribution is -2.30. The summed E-state index contributed by atoms with van der Waals surface area (Å²) in [5.74, 6) is 0. The number of aromatic nitrogens is 1. The lowest BCUT2D eigenvalue weighted by molar-refractivity contribution is 0.00632. The fourth-order valence-corrected chi connectivity index (χ4v) is 1.98. The van der Waals surface area contributed by atoms with E-state index in [4.69, 9.17) is 4.74 Å². The molecule has 1 aromatic heterocycles. The first-order chi connectivity index (χ1) is 7.58. The first kappa shape index (κ1) is 13.6. The largest absolute Gasteiger partial charge is 0.389 e. The third-order valence-electron chi connectivity index (χ3n) is 1.97. The van der Waals surface area contributed by atoms with Gasteiger partial charge in [-0.15, -0.1) is 11.3 Å². The van der Waals surface area contributed by atoms with Gasteiger partial charge in [0.15, 0.2) is 0 Å². The van der Waals surface area contributed by atoms with Gasteiger partial charge in [-0.2, -0.15) is 0 Å². The summed E-state index contributed by atoms with van der Waals surface area (Å²) in [7, 11) is 0. The molecule has 0 aliphatic heterocycles. The molecule has 0 saturated carbocycles. The van der Waals surface area contributed by atoms with E-state index in [1.807, 2.05) is 27.0 Å². The SMILES string of the molecule is Cc1ncc(CNCC(O)COC(C)C)s1. The Morgan fingerprint density at radius 1 is 1.56 bits per heavy atom. The van der Waals surface area contributed by atoms with Crippen molar-refractivity contribution in [2.75, 3.05) is 13.2 Å². The molecule has 0 amide bonds. The van der Waals surface area contributed by atoms with Crippen molar-refractivity contribution < 1.29 is 9.84 Å². The molecule has 0 fully saturated rings. The molecule has 1 unspecified atom stereocenters. The van der Waals surface area contributed by atoms with Crippen LogP contribution in [0.5, 0.6) is 0 Å². The van der Waals surface area contributed by atoms with Gasteiger partial charge in [0, 0.05) is 24.2 Å². The van der Waals surface area contributed by atoms with Crippen LogP contribution in [-0.2, 0) is 11.3 Å². The highest BCUT2D eigenvalue weighted by Gasteiger charge is 2.05.